The molecule has 0 saturated heterocycles. The number of pyridine rings is 1. The second kappa shape index (κ2) is 7.13. The molecule has 0 saturated carbocycles. The average Bonchev–Trinajstić information content (AvgIpc) is 3.32. The zero-order valence-corrected chi connectivity index (χ0v) is 14.7. The van der Waals surface area contributed by atoms with E-state index >= 15 is 0 Å². The SMILES string of the molecule is Cc1cccc(-c2[nH]ncc2-c2ccc(F)c(-c3cnc(CCO)[nH]3)c2)n1. The van der Waals surface area contributed by atoms with E-state index in [9.17, 15) is 4.39 Å². The molecule has 0 unspecified atom stereocenters. The maximum atomic E-state index is 14.4. The molecule has 0 aliphatic rings. The number of nitrogens with zero attached hydrogens (tertiary/aromatic N) is 3. The molecular formula is C20H18FN5O. The van der Waals surface area contributed by atoms with Crippen LogP contribution in [0.15, 0.2) is 48.8 Å². The van der Waals surface area contributed by atoms with Crippen LogP contribution in [0.4, 0.5) is 4.39 Å². The molecular weight excluding hydrogens is 345 g/mol. The van der Waals surface area contributed by atoms with Crippen molar-refractivity contribution in [1.82, 2.24) is 25.1 Å². The van der Waals surface area contributed by atoms with Crippen LogP contribution in [0, 0.1) is 12.7 Å². The van der Waals surface area contributed by atoms with Gasteiger partial charge < -0.3 is 10.1 Å². The van der Waals surface area contributed by atoms with E-state index in [-0.39, 0.29) is 12.4 Å². The lowest BCUT2D eigenvalue weighted by molar-refractivity contribution is 0.297. The Kier molecular flexibility index (Phi) is 4.52. The minimum atomic E-state index is -0.350. The molecule has 3 aromatic heterocycles. The molecule has 1 aromatic carbocycles. The third-order valence-corrected chi connectivity index (χ3v) is 4.33. The van der Waals surface area contributed by atoms with E-state index in [4.69, 9.17) is 5.11 Å². The summed E-state index contributed by atoms with van der Waals surface area (Å²) in [6.45, 7) is 1.91. The molecule has 0 spiro atoms. The summed E-state index contributed by atoms with van der Waals surface area (Å²) >= 11 is 0. The molecule has 0 bridgehead atoms. The van der Waals surface area contributed by atoms with E-state index in [0.29, 0.717) is 23.5 Å². The first-order chi connectivity index (χ1) is 13.2. The lowest BCUT2D eigenvalue weighted by Gasteiger charge is -2.07. The number of rotatable bonds is 5. The highest BCUT2D eigenvalue weighted by atomic mass is 19.1. The van der Waals surface area contributed by atoms with Crippen LogP contribution in [0.5, 0.6) is 0 Å². The van der Waals surface area contributed by atoms with E-state index in [1.54, 1.807) is 24.5 Å². The van der Waals surface area contributed by atoms with Crippen molar-refractivity contribution in [2.45, 2.75) is 13.3 Å². The van der Waals surface area contributed by atoms with Gasteiger partial charge in [0, 0.05) is 23.2 Å². The quantitative estimate of drug-likeness (QED) is 0.506. The van der Waals surface area contributed by atoms with Crippen LogP contribution in [0.3, 0.4) is 0 Å². The van der Waals surface area contributed by atoms with Crippen molar-refractivity contribution in [3.8, 4) is 33.8 Å². The van der Waals surface area contributed by atoms with Crippen molar-refractivity contribution < 1.29 is 9.50 Å². The molecule has 136 valence electrons. The van der Waals surface area contributed by atoms with Gasteiger partial charge in [0.25, 0.3) is 0 Å². The average molecular weight is 363 g/mol. The molecule has 0 aliphatic carbocycles. The largest absolute Gasteiger partial charge is 0.396 e. The van der Waals surface area contributed by atoms with E-state index in [0.717, 1.165) is 28.2 Å². The predicted octanol–water partition coefficient (Wildman–Crippen LogP) is 3.51. The number of aliphatic hydroxyl groups is 1. The number of hydrogen-bond acceptors (Lipinski definition) is 4. The Morgan fingerprint density at radius 1 is 1.11 bits per heavy atom. The number of halogens is 1. The molecule has 0 amide bonds. The third kappa shape index (κ3) is 3.37. The molecule has 6 nitrogen and oxygen atoms in total. The Bertz CT molecular complexity index is 1090. The summed E-state index contributed by atoms with van der Waals surface area (Å²) in [5.74, 6) is 0.266. The Morgan fingerprint density at radius 3 is 2.81 bits per heavy atom. The van der Waals surface area contributed by atoms with E-state index in [1.165, 1.54) is 6.07 Å². The van der Waals surface area contributed by atoms with Gasteiger partial charge in [0.2, 0.25) is 0 Å². The summed E-state index contributed by atoms with van der Waals surface area (Å²) in [7, 11) is 0. The molecule has 0 radical (unpaired) electrons. The fraction of sp³-hybridized carbons (Fsp3) is 0.150. The molecule has 0 fully saturated rings. The van der Waals surface area contributed by atoms with Gasteiger partial charge >= 0.3 is 0 Å². The molecule has 3 N–H and O–H groups in total. The number of benzene rings is 1. The Hall–Kier alpha value is -3.32. The van der Waals surface area contributed by atoms with Crippen molar-refractivity contribution in [1.29, 1.82) is 0 Å². The van der Waals surface area contributed by atoms with Crippen molar-refractivity contribution in [3.05, 3.63) is 66.1 Å². The van der Waals surface area contributed by atoms with Crippen LogP contribution >= 0.6 is 0 Å². The second-order valence-electron chi connectivity index (χ2n) is 6.23. The Labute approximate surface area is 155 Å². The number of nitrogens with one attached hydrogen (secondary N) is 2. The number of H-pyrrole nitrogens is 2. The number of aromatic nitrogens is 5. The van der Waals surface area contributed by atoms with Crippen molar-refractivity contribution >= 4 is 0 Å². The Balaban J connectivity index is 1.77. The van der Waals surface area contributed by atoms with Gasteiger partial charge in [0.05, 0.1) is 36.1 Å². The smallest absolute Gasteiger partial charge is 0.132 e. The normalized spacial score (nSPS) is 11.1. The van der Waals surface area contributed by atoms with Gasteiger partial charge in [-0.2, -0.15) is 5.10 Å². The van der Waals surface area contributed by atoms with Gasteiger partial charge in [-0.25, -0.2) is 9.37 Å². The molecule has 4 aromatic rings. The van der Waals surface area contributed by atoms with Gasteiger partial charge in [-0.1, -0.05) is 12.1 Å². The molecule has 3 heterocycles. The first kappa shape index (κ1) is 17.1. The fourth-order valence-electron chi connectivity index (χ4n) is 3.01. The highest BCUT2D eigenvalue weighted by Crippen LogP contribution is 2.32. The topological polar surface area (TPSA) is 90.5 Å². The van der Waals surface area contributed by atoms with Gasteiger partial charge in [-0.15, -0.1) is 0 Å². The van der Waals surface area contributed by atoms with E-state index < -0.39 is 0 Å². The maximum absolute atomic E-state index is 14.4. The van der Waals surface area contributed by atoms with Crippen LogP contribution in [0.1, 0.15) is 11.5 Å². The number of imidazole rings is 1. The van der Waals surface area contributed by atoms with Crippen molar-refractivity contribution in [3.63, 3.8) is 0 Å². The zero-order valence-electron chi connectivity index (χ0n) is 14.7. The standard InChI is InChI=1S/C20H18FN5O/c1-12-3-2-4-17(24-12)20-15(10-23-26-20)13-5-6-16(21)14(9-13)18-11-22-19(25-18)7-8-27/h2-6,9-11,27H,7-8H2,1H3,(H,22,25)(H,23,26). The minimum Gasteiger partial charge on any atom is -0.396 e. The van der Waals surface area contributed by atoms with Crippen LogP contribution in [0.25, 0.3) is 33.8 Å². The molecule has 7 heteroatoms. The second-order valence-corrected chi connectivity index (χ2v) is 6.23. The number of hydrogen-bond donors (Lipinski definition) is 3. The van der Waals surface area contributed by atoms with Crippen LogP contribution in [0.2, 0.25) is 0 Å². The van der Waals surface area contributed by atoms with Gasteiger partial charge in [-0.05, 0) is 36.8 Å². The minimum absolute atomic E-state index is 0.0165. The summed E-state index contributed by atoms with van der Waals surface area (Å²) in [6.07, 6.45) is 3.68. The number of aliphatic hydroxyl groups excluding tert-OH is 1. The number of aryl methyl sites for hydroxylation is 1. The third-order valence-electron chi connectivity index (χ3n) is 4.33. The van der Waals surface area contributed by atoms with Crippen LogP contribution < -0.4 is 0 Å². The lowest BCUT2D eigenvalue weighted by atomic mass is 10.0. The van der Waals surface area contributed by atoms with Crippen LogP contribution in [-0.4, -0.2) is 36.9 Å². The number of aromatic amines is 2. The zero-order chi connectivity index (χ0) is 18.8. The summed E-state index contributed by atoms with van der Waals surface area (Å²) < 4.78 is 14.4. The Morgan fingerprint density at radius 2 is 2.00 bits per heavy atom. The molecule has 4 rings (SSSR count). The van der Waals surface area contributed by atoms with E-state index in [2.05, 4.69) is 25.1 Å². The highest BCUT2D eigenvalue weighted by molar-refractivity contribution is 5.81. The van der Waals surface area contributed by atoms with Crippen LogP contribution in [-0.2, 0) is 6.42 Å². The fourth-order valence-corrected chi connectivity index (χ4v) is 3.01. The molecule has 27 heavy (non-hydrogen) atoms. The highest BCUT2D eigenvalue weighted by Gasteiger charge is 2.15. The van der Waals surface area contributed by atoms with Crippen molar-refractivity contribution in [2.24, 2.45) is 0 Å². The molecule has 0 atom stereocenters. The van der Waals surface area contributed by atoms with Gasteiger partial charge in [0.1, 0.15) is 11.6 Å². The first-order valence-electron chi connectivity index (χ1n) is 8.58. The van der Waals surface area contributed by atoms with Crippen molar-refractivity contribution in [2.75, 3.05) is 6.61 Å². The summed E-state index contributed by atoms with van der Waals surface area (Å²) in [4.78, 5) is 11.8. The maximum Gasteiger partial charge on any atom is 0.132 e. The van der Waals surface area contributed by atoms with Gasteiger partial charge in [0.15, 0.2) is 0 Å². The molecule has 0 aliphatic heterocycles. The predicted molar refractivity (Wildman–Crippen MR) is 100 cm³/mol. The summed E-state index contributed by atoms with van der Waals surface area (Å²) in [5.41, 5.74) is 5.09. The monoisotopic (exact) mass is 363 g/mol. The first-order valence-corrected chi connectivity index (χ1v) is 8.58. The lowest BCUT2D eigenvalue weighted by Crippen LogP contribution is -1.93. The van der Waals surface area contributed by atoms with E-state index in [1.807, 2.05) is 25.1 Å². The summed E-state index contributed by atoms with van der Waals surface area (Å²) in [5, 5.41) is 16.2. The van der Waals surface area contributed by atoms with Gasteiger partial charge in [-0.3, -0.25) is 10.1 Å². The summed E-state index contributed by atoms with van der Waals surface area (Å²) in [6, 6.07) is 10.7.